The average Bonchev–Trinajstić information content (AvgIpc) is 2.95. The third-order valence-corrected chi connectivity index (χ3v) is 3.28. The molecule has 5 nitrogen and oxygen atoms in total. The van der Waals surface area contributed by atoms with Crippen LogP contribution >= 0.6 is 0 Å². The fourth-order valence-electron chi connectivity index (χ4n) is 2.19. The summed E-state index contributed by atoms with van der Waals surface area (Å²) in [6.07, 6.45) is 2.81. The van der Waals surface area contributed by atoms with Crippen LogP contribution in [0.15, 0.2) is 30.5 Å². The minimum atomic E-state index is 0.624. The maximum absolute atomic E-state index is 4.61. The zero-order valence-electron chi connectivity index (χ0n) is 11.6. The number of aromatic nitrogens is 4. The van der Waals surface area contributed by atoms with E-state index in [1.54, 1.807) is 6.20 Å². The highest BCUT2D eigenvalue weighted by atomic mass is 15.2. The summed E-state index contributed by atoms with van der Waals surface area (Å²) in [6, 6.07) is 8.47. The van der Waals surface area contributed by atoms with E-state index in [9.17, 15) is 0 Å². The van der Waals surface area contributed by atoms with Crippen molar-refractivity contribution in [3.63, 3.8) is 0 Å². The summed E-state index contributed by atoms with van der Waals surface area (Å²) in [5.41, 5.74) is 4.06. The van der Waals surface area contributed by atoms with Gasteiger partial charge in [-0.15, -0.1) is 0 Å². The molecular formula is C15H17N5. The summed E-state index contributed by atoms with van der Waals surface area (Å²) >= 11 is 0. The maximum atomic E-state index is 4.61. The van der Waals surface area contributed by atoms with E-state index in [-0.39, 0.29) is 0 Å². The van der Waals surface area contributed by atoms with Gasteiger partial charge in [0.25, 0.3) is 0 Å². The Morgan fingerprint density at radius 1 is 1.10 bits per heavy atom. The number of fused-ring (bicyclic) bond motifs is 1. The van der Waals surface area contributed by atoms with Gasteiger partial charge < -0.3 is 5.32 Å². The van der Waals surface area contributed by atoms with Gasteiger partial charge in [-0.3, -0.25) is 5.10 Å². The van der Waals surface area contributed by atoms with Crippen LogP contribution in [-0.4, -0.2) is 26.7 Å². The van der Waals surface area contributed by atoms with E-state index in [1.165, 1.54) is 5.56 Å². The molecule has 0 spiro atoms. The molecule has 0 radical (unpaired) electrons. The van der Waals surface area contributed by atoms with Crippen molar-refractivity contribution in [3.05, 3.63) is 36.0 Å². The van der Waals surface area contributed by atoms with Crippen LogP contribution in [0, 0.1) is 0 Å². The molecule has 20 heavy (non-hydrogen) atoms. The number of nitrogens with one attached hydrogen (secondary N) is 2. The zero-order chi connectivity index (χ0) is 13.9. The van der Waals surface area contributed by atoms with Crippen LogP contribution in [-0.2, 0) is 6.42 Å². The molecule has 2 aromatic heterocycles. The predicted molar refractivity (Wildman–Crippen MR) is 80.7 cm³/mol. The molecule has 102 valence electrons. The Morgan fingerprint density at radius 3 is 2.60 bits per heavy atom. The van der Waals surface area contributed by atoms with Crippen LogP contribution in [0.3, 0.4) is 0 Å². The van der Waals surface area contributed by atoms with Crippen molar-refractivity contribution in [2.45, 2.75) is 20.3 Å². The highest BCUT2D eigenvalue weighted by Gasteiger charge is 2.11. The topological polar surface area (TPSA) is 66.5 Å². The lowest BCUT2D eigenvalue weighted by atomic mass is 10.1. The number of rotatable bonds is 4. The average molecular weight is 267 g/mol. The second kappa shape index (κ2) is 5.28. The largest absolute Gasteiger partial charge is 0.354 e. The van der Waals surface area contributed by atoms with E-state index in [0.29, 0.717) is 5.95 Å². The minimum absolute atomic E-state index is 0.624. The molecule has 0 saturated carbocycles. The number of hydrogen-bond acceptors (Lipinski definition) is 4. The van der Waals surface area contributed by atoms with Gasteiger partial charge in [0.1, 0.15) is 0 Å². The van der Waals surface area contributed by atoms with Crippen LogP contribution in [0.4, 0.5) is 5.95 Å². The Kier molecular flexibility index (Phi) is 3.33. The van der Waals surface area contributed by atoms with Crippen molar-refractivity contribution >= 4 is 17.0 Å². The molecule has 0 unspecified atom stereocenters. The van der Waals surface area contributed by atoms with Crippen LogP contribution in [0.1, 0.15) is 19.4 Å². The number of aryl methyl sites for hydroxylation is 1. The van der Waals surface area contributed by atoms with Gasteiger partial charge in [0.15, 0.2) is 5.65 Å². The number of hydrogen-bond donors (Lipinski definition) is 2. The molecular weight excluding hydrogens is 250 g/mol. The van der Waals surface area contributed by atoms with Gasteiger partial charge in [0, 0.05) is 12.1 Å². The van der Waals surface area contributed by atoms with E-state index < -0.39 is 0 Å². The Labute approximate surface area is 117 Å². The van der Waals surface area contributed by atoms with Crippen LogP contribution in [0.5, 0.6) is 0 Å². The number of anilines is 1. The van der Waals surface area contributed by atoms with Gasteiger partial charge in [-0.05, 0) is 18.9 Å². The molecule has 2 N–H and O–H groups in total. The molecule has 0 atom stereocenters. The lowest BCUT2D eigenvalue weighted by Gasteiger charge is -2.07. The second-order valence-electron chi connectivity index (χ2n) is 4.61. The molecule has 0 aliphatic carbocycles. The van der Waals surface area contributed by atoms with E-state index >= 15 is 0 Å². The first-order chi connectivity index (χ1) is 9.81. The third kappa shape index (κ3) is 2.22. The Bertz CT molecular complexity index is 715. The molecule has 3 rings (SSSR count). The molecule has 0 fully saturated rings. The van der Waals surface area contributed by atoms with E-state index in [0.717, 1.165) is 35.3 Å². The second-order valence-corrected chi connectivity index (χ2v) is 4.61. The van der Waals surface area contributed by atoms with Crippen molar-refractivity contribution in [3.8, 4) is 11.3 Å². The van der Waals surface area contributed by atoms with Crippen LogP contribution < -0.4 is 5.32 Å². The molecule has 0 aliphatic heterocycles. The summed E-state index contributed by atoms with van der Waals surface area (Å²) in [5, 5.41) is 11.1. The van der Waals surface area contributed by atoms with Gasteiger partial charge in [-0.25, -0.2) is 4.98 Å². The molecule has 0 saturated heterocycles. The SMILES string of the molecule is CCNc1nc(-c2ccc(CC)cc2)c2cn[nH]c2n1. The van der Waals surface area contributed by atoms with E-state index in [1.807, 2.05) is 6.92 Å². The van der Waals surface area contributed by atoms with Crippen molar-refractivity contribution in [2.75, 3.05) is 11.9 Å². The first kappa shape index (κ1) is 12.6. The standard InChI is InChI=1S/C15H17N5/c1-3-10-5-7-11(8-6-10)13-12-9-17-20-14(12)19-15(18-13)16-4-2/h5-9H,3-4H2,1-2H3,(H2,16,17,18,19,20). The predicted octanol–water partition coefficient (Wildman–Crippen LogP) is 3.01. The molecule has 5 heteroatoms. The van der Waals surface area contributed by atoms with E-state index in [2.05, 4.69) is 56.7 Å². The summed E-state index contributed by atoms with van der Waals surface area (Å²) in [4.78, 5) is 9.01. The number of aromatic amines is 1. The van der Waals surface area contributed by atoms with Gasteiger partial charge in [-0.1, -0.05) is 31.2 Å². The van der Waals surface area contributed by atoms with Crippen molar-refractivity contribution < 1.29 is 0 Å². The smallest absolute Gasteiger partial charge is 0.225 e. The third-order valence-electron chi connectivity index (χ3n) is 3.28. The van der Waals surface area contributed by atoms with Gasteiger partial charge in [-0.2, -0.15) is 10.1 Å². The highest BCUT2D eigenvalue weighted by Crippen LogP contribution is 2.26. The fraction of sp³-hybridized carbons (Fsp3) is 0.267. The van der Waals surface area contributed by atoms with Gasteiger partial charge >= 0.3 is 0 Å². The number of benzene rings is 1. The van der Waals surface area contributed by atoms with E-state index in [4.69, 9.17) is 0 Å². The Morgan fingerprint density at radius 2 is 1.90 bits per heavy atom. The van der Waals surface area contributed by atoms with Gasteiger partial charge in [0.05, 0.1) is 17.3 Å². The van der Waals surface area contributed by atoms with Crippen LogP contribution in [0.2, 0.25) is 0 Å². The highest BCUT2D eigenvalue weighted by molar-refractivity contribution is 5.90. The zero-order valence-corrected chi connectivity index (χ0v) is 11.6. The monoisotopic (exact) mass is 267 g/mol. The molecule has 3 aromatic rings. The maximum Gasteiger partial charge on any atom is 0.225 e. The summed E-state index contributed by atoms with van der Waals surface area (Å²) in [6.45, 7) is 4.96. The minimum Gasteiger partial charge on any atom is -0.354 e. The molecule has 0 amide bonds. The lowest BCUT2D eigenvalue weighted by molar-refractivity contribution is 1.07. The van der Waals surface area contributed by atoms with Crippen molar-refractivity contribution in [2.24, 2.45) is 0 Å². The van der Waals surface area contributed by atoms with Crippen molar-refractivity contribution in [1.82, 2.24) is 20.2 Å². The molecule has 1 aromatic carbocycles. The number of nitrogens with zero attached hydrogens (tertiary/aromatic N) is 3. The Hall–Kier alpha value is -2.43. The lowest BCUT2D eigenvalue weighted by Crippen LogP contribution is -2.03. The Balaban J connectivity index is 2.14. The first-order valence-electron chi connectivity index (χ1n) is 6.86. The van der Waals surface area contributed by atoms with Crippen LogP contribution in [0.25, 0.3) is 22.3 Å². The summed E-state index contributed by atoms with van der Waals surface area (Å²) in [7, 11) is 0. The molecule has 0 bridgehead atoms. The summed E-state index contributed by atoms with van der Waals surface area (Å²) < 4.78 is 0. The first-order valence-corrected chi connectivity index (χ1v) is 6.86. The normalized spacial score (nSPS) is 10.9. The molecule has 2 heterocycles. The van der Waals surface area contributed by atoms with Gasteiger partial charge in [0.2, 0.25) is 5.95 Å². The quantitative estimate of drug-likeness (QED) is 0.762. The fourth-order valence-corrected chi connectivity index (χ4v) is 2.19. The molecule has 0 aliphatic rings. The summed E-state index contributed by atoms with van der Waals surface area (Å²) in [5.74, 6) is 0.624. The number of H-pyrrole nitrogens is 1. The van der Waals surface area contributed by atoms with Crippen molar-refractivity contribution in [1.29, 1.82) is 0 Å².